The number of rotatable bonds is 4. The van der Waals surface area contributed by atoms with E-state index in [1.807, 2.05) is 37.3 Å². The number of esters is 1. The third-order valence-corrected chi connectivity index (χ3v) is 3.39. The number of carbonyl (C=O) groups is 1. The topological polar surface area (TPSA) is 26.3 Å². The van der Waals surface area contributed by atoms with Crippen molar-refractivity contribution in [1.29, 1.82) is 0 Å². The van der Waals surface area contributed by atoms with Crippen molar-refractivity contribution >= 4 is 14.0 Å². The van der Waals surface area contributed by atoms with Crippen LogP contribution in [0.1, 0.15) is 24.8 Å². The van der Waals surface area contributed by atoms with Gasteiger partial charge in [0.1, 0.15) is 8.07 Å². The molecule has 0 spiro atoms. The molecule has 0 amide bonds. The van der Waals surface area contributed by atoms with E-state index in [4.69, 9.17) is 4.74 Å². The molecule has 0 aromatic heterocycles. The number of hydrogen-bond donors (Lipinski definition) is 0. The van der Waals surface area contributed by atoms with Gasteiger partial charge in [-0.2, -0.15) is 0 Å². The van der Waals surface area contributed by atoms with E-state index in [1.54, 1.807) is 0 Å². The maximum absolute atomic E-state index is 11.7. The second kappa shape index (κ2) is 7.15. The Labute approximate surface area is 117 Å². The normalized spacial score (nSPS) is 12.2. The summed E-state index contributed by atoms with van der Waals surface area (Å²) in [6.45, 7) is 8.84. The molecule has 0 saturated heterocycles. The number of carbonyl (C=O) groups excluding carboxylic acids is 1. The first-order valence-corrected chi connectivity index (χ1v) is 10.2. The highest BCUT2D eigenvalue weighted by molar-refractivity contribution is 6.83. The number of ether oxygens (including phenoxy) is 1. The Hall–Kier alpha value is -1.53. The van der Waals surface area contributed by atoms with E-state index in [1.165, 1.54) is 0 Å². The molecule has 0 aliphatic carbocycles. The lowest BCUT2D eigenvalue weighted by Gasteiger charge is -2.12. The van der Waals surface area contributed by atoms with Crippen LogP contribution in [0.2, 0.25) is 19.6 Å². The van der Waals surface area contributed by atoms with Crippen molar-refractivity contribution in [1.82, 2.24) is 0 Å². The predicted molar refractivity (Wildman–Crippen MR) is 81.6 cm³/mol. The van der Waals surface area contributed by atoms with Gasteiger partial charge in [0.25, 0.3) is 0 Å². The molecule has 0 heterocycles. The first-order valence-electron chi connectivity index (χ1n) is 6.65. The molecule has 1 rings (SSSR count). The predicted octanol–water partition coefficient (Wildman–Crippen LogP) is 3.60. The van der Waals surface area contributed by atoms with E-state index >= 15 is 0 Å². The molecule has 1 aromatic rings. The molecule has 1 atom stereocenters. The highest BCUT2D eigenvalue weighted by Crippen LogP contribution is 2.19. The summed E-state index contributed by atoms with van der Waals surface area (Å²) < 4.78 is 5.03. The van der Waals surface area contributed by atoms with Crippen LogP contribution in [0.25, 0.3) is 0 Å². The monoisotopic (exact) mass is 274 g/mol. The van der Waals surface area contributed by atoms with Crippen molar-refractivity contribution < 1.29 is 9.53 Å². The lowest BCUT2D eigenvalue weighted by molar-refractivity contribution is -0.143. The Kier molecular flexibility index (Phi) is 5.84. The first-order chi connectivity index (χ1) is 8.92. The molecule has 0 radical (unpaired) electrons. The first kappa shape index (κ1) is 15.5. The van der Waals surface area contributed by atoms with E-state index in [0.717, 1.165) is 5.56 Å². The van der Waals surface area contributed by atoms with Crippen LogP contribution in [0.15, 0.2) is 30.3 Å². The summed E-state index contributed by atoms with van der Waals surface area (Å²) in [5.74, 6) is 3.03. The second-order valence-electron chi connectivity index (χ2n) is 5.49. The Balaban J connectivity index is 2.91. The second-order valence-corrected chi connectivity index (χ2v) is 10.2. The fraction of sp³-hybridized carbons (Fsp3) is 0.438. The van der Waals surface area contributed by atoms with Crippen molar-refractivity contribution in [3.63, 3.8) is 0 Å². The fourth-order valence-corrected chi connectivity index (χ4v) is 2.24. The Morgan fingerprint density at radius 2 is 1.89 bits per heavy atom. The summed E-state index contributed by atoms with van der Waals surface area (Å²) in [6.07, 6.45) is 0.329. The summed E-state index contributed by atoms with van der Waals surface area (Å²) >= 11 is 0. The largest absolute Gasteiger partial charge is 0.466 e. The van der Waals surface area contributed by atoms with Gasteiger partial charge in [-0.25, -0.2) is 0 Å². The van der Waals surface area contributed by atoms with Gasteiger partial charge in [-0.15, -0.1) is 11.5 Å². The van der Waals surface area contributed by atoms with Crippen LogP contribution in [0.4, 0.5) is 0 Å². The highest BCUT2D eigenvalue weighted by atomic mass is 28.3. The van der Waals surface area contributed by atoms with Crippen molar-refractivity contribution in [3.8, 4) is 11.5 Å². The minimum atomic E-state index is -1.44. The lowest BCUT2D eigenvalue weighted by Crippen LogP contribution is -2.17. The van der Waals surface area contributed by atoms with E-state index < -0.39 is 8.07 Å². The van der Waals surface area contributed by atoms with Gasteiger partial charge in [0.15, 0.2) is 0 Å². The minimum Gasteiger partial charge on any atom is -0.466 e. The van der Waals surface area contributed by atoms with Gasteiger partial charge in [-0.1, -0.05) is 50.0 Å². The van der Waals surface area contributed by atoms with Gasteiger partial charge in [0, 0.05) is 0 Å². The van der Waals surface area contributed by atoms with Crippen LogP contribution in [0.5, 0.6) is 0 Å². The molecule has 1 aromatic carbocycles. The standard InChI is InChI=1S/C16H22O2Si/c1-5-18-16(17)13-15(11-12-19(2,3)4)14-9-7-6-8-10-14/h6-10,15H,5,13H2,1-4H3/t15-/m1/s1. The van der Waals surface area contributed by atoms with Crippen molar-refractivity contribution in [3.05, 3.63) is 35.9 Å². The summed E-state index contributed by atoms with van der Waals surface area (Å²) in [4.78, 5) is 11.7. The maximum atomic E-state index is 11.7. The molecular formula is C16H22O2Si. The summed E-state index contributed by atoms with van der Waals surface area (Å²) in [5.41, 5.74) is 4.43. The summed E-state index contributed by atoms with van der Waals surface area (Å²) in [6, 6.07) is 9.95. The molecule has 0 unspecified atom stereocenters. The molecule has 0 saturated carbocycles. The molecule has 102 valence electrons. The zero-order valence-electron chi connectivity index (χ0n) is 12.2. The van der Waals surface area contributed by atoms with Gasteiger partial charge in [0.05, 0.1) is 18.9 Å². The van der Waals surface area contributed by atoms with E-state index in [0.29, 0.717) is 13.0 Å². The minimum absolute atomic E-state index is 0.0630. The smallest absolute Gasteiger partial charge is 0.307 e. The van der Waals surface area contributed by atoms with Gasteiger partial charge in [-0.05, 0) is 12.5 Å². The Morgan fingerprint density at radius 1 is 1.26 bits per heavy atom. The summed E-state index contributed by atoms with van der Waals surface area (Å²) in [5, 5.41) is 0. The van der Waals surface area contributed by atoms with Crippen LogP contribution >= 0.6 is 0 Å². The van der Waals surface area contributed by atoms with Crippen LogP contribution in [0.3, 0.4) is 0 Å². The van der Waals surface area contributed by atoms with Gasteiger partial charge >= 0.3 is 5.97 Å². The average molecular weight is 274 g/mol. The van der Waals surface area contributed by atoms with Crippen LogP contribution in [-0.2, 0) is 9.53 Å². The molecule has 0 aliphatic rings. The molecule has 0 fully saturated rings. The molecule has 0 bridgehead atoms. The third kappa shape index (κ3) is 6.26. The maximum Gasteiger partial charge on any atom is 0.307 e. The van der Waals surface area contributed by atoms with Gasteiger partial charge < -0.3 is 4.74 Å². The fourth-order valence-electron chi connectivity index (χ4n) is 1.63. The number of hydrogen-bond acceptors (Lipinski definition) is 2. The quantitative estimate of drug-likeness (QED) is 0.476. The highest BCUT2D eigenvalue weighted by Gasteiger charge is 2.16. The Morgan fingerprint density at radius 3 is 2.42 bits per heavy atom. The van der Waals surface area contributed by atoms with Crippen molar-refractivity contribution in [2.75, 3.05) is 6.61 Å². The number of benzene rings is 1. The molecule has 2 nitrogen and oxygen atoms in total. The van der Waals surface area contributed by atoms with Crippen molar-refractivity contribution in [2.45, 2.75) is 38.9 Å². The zero-order valence-corrected chi connectivity index (χ0v) is 13.2. The summed E-state index contributed by atoms with van der Waals surface area (Å²) in [7, 11) is -1.44. The molecule has 0 aliphatic heterocycles. The van der Waals surface area contributed by atoms with E-state index in [-0.39, 0.29) is 11.9 Å². The SMILES string of the molecule is CCOC(=O)C[C@@H](C#C[Si](C)(C)C)c1ccccc1. The van der Waals surface area contributed by atoms with Crippen LogP contribution < -0.4 is 0 Å². The molecule has 0 N–H and O–H groups in total. The van der Waals surface area contributed by atoms with Crippen LogP contribution in [-0.4, -0.2) is 20.7 Å². The zero-order chi connectivity index (χ0) is 14.3. The third-order valence-electron chi connectivity index (χ3n) is 2.50. The van der Waals surface area contributed by atoms with Gasteiger partial charge in [0.2, 0.25) is 0 Å². The van der Waals surface area contributed by atoms with Crippen LogP contribution in [0, 0.1) is 11.5 Å². The molecular weight excluding hydrogens is 252 g/mol. The average Bonchev–Trinajstić information content (AvgIpc) is 2.35. The van der Waals surface area contributed by atoms with Crippen molar-refractivity contribution in [2.24, 2.45) is 0 Å². The Bertz CT molecular complexity index is 463. The molecule has 19 heavy (non-hydrogen) atoms. The lowest BCUT2D eigenvalue weighted by atomic mass is 9.97. The van der Waals surface area contributed by atoms with E-state index in [9.17, 15) is 4.79 Å². The molecule has 3 heteroatoms. The van der Waals surface area contributed by atoms with E-state index in [2.05, 4.69) is 31.1 Å². The van der Waals surface area contributed by atoms with Gasteiger partial charge in [-0.3, -0.25) is 4.79 Å².